The zero-order valence-electron chi connectivity index (χ0n) is 26.7. The summed E-state index contributed by atoms with van der Waals surface area (Å²) in [7, 11) is 6.00. The molecule has 2 fully saturated rings. The van der Waals surface area contributed by atoms with E-state index in [1.54, 1.807) is 27.7 Å². The van der Waals surface area contributed by atoms with Crippen LogP contribution in [0.3, 0.4) is 0 Å². The number of nitrogens with zero attached hydrogens (tertiary/aromatic N) is 9. The summed E-state index contributed by atoms with van der Waals surface area (Å²) in [5, 5.41) is 24.9. The van der Waals surface area contributed by atoms with Gasteiger partial charge in [0, 0.05) is 81.9 Å². The largest absolute Gasteiger partial charge is 0.508 e. The lowest BCUT2D eigenvalue weighted by atomic mass is 10.0. The van der Waals surface area contributed by atoms with E-state index >= 15 is 4.39 Å². The van der Waals surface area contributed by atoms with Crippen molar-refractivity contribution in [2.75, 3.05) is 89.9 Å². The second-order valence-electron chi connectivity index (χ2n) is 12.4. The first-order valence-electron chi connectivity index (χ1n) is 15.8. The van der Waals surface area contributed by atoms with E-state index in [2.05, 4.69) is 21.9 Å². The number of amides is 1. The number of phenolic OH excluding ortho intramolecular Hbond substituents is 1. The number of likely N-dealkylation sites (N-methyl/N-ethyl adjacent to an activating group) is 2. The maximum Gasteiger partial charge on any atom is 0.248 e. The van der Waals surface area contributed by atoms with Crippen LogP contribution in [-0.4, -0.2) is 137 Å². The van der Waals surface area contributed by atoms with E-state index in [1.165, 1.54) is 0 Å². The summed E-state index contributed by atoms with van der Waals surface area (Å²) >= 11 is 0. The summed E-state index contributed by atoms with van der Waals surface area (Å²) in [5.41, 5.74) is 2.75. The number of fused-ring (bicyclic) bond motifs is 1. The molecule has 6 rings (SSSR count). The van der Waals surface area contributed by atoms with Gasteiger partial charge >= 0.3 is 0 Å². The second-order valence-corrected chi connectivity index (χ2v) is 12.4. The molecule has 244 valence electrons. The van der Waals surface area contributed by atoms with E-state index in [1.807, 2.05) is 54.4 Å². The Labute approximate surface area is 268 Å². The van der Waals surface area contributed by atoms with Crippen molar-refractivity contribution in [3.8, 4) is 28.4 Å². The first kappa shape index (κ1) is 31.6. The number of benzene rings is 1. The van der Waals surface area contributed by atoms with Crippen LogP contribution in [-0.2, 0) is 4.79 Å². The average molecular weight is 632 g/mol. The molecule has 0 radical (unpaired) electrons. The van der Waals surface area contributed by atoms with Crippen molar-refractivity contribution in [3.63, 3.8) is 0 Å². The number of hydrogen-bond acceptors (Lipinski definition) is 10. The quantitative estimate of drug-likeness (QED) is 0.285. The van der Waals surface area contributed by atoms with E-state index in [4.69, 9.17) is 9.97 Å². The maximum atomic E-state index is 17.1. The molecule has 1 aromatic carbocycles. The van der Waals surface area contributed by atoms with Crippen molar-refractivity contribution in [2.24, 2.45) is 0 Å². The molecule has 0 unspecified atom stereocenters. The Bertz CT molecular complexity index is 1690. The molecule has 0 saturated carbocycles. The van der Waals surface area contributed by atoms with Gasteiger partial charge in [-0.25, -0.2) is 18.9 Å². The molecule has 13 heteroatoms. The summed E-state index contributed by atoms with van der Waals surface area (Å²) in [6, 6.07) is 10.6. The van der Waals surface area contributed by atoms with Gasteiger partial charge in [0.2, 0.25) is 5.91 Å². The van der Waals surface area contributed by atoms with Gasteiger partial charge in [0.15, 0.2) is 17.5 Å². The number of likely N-dealkylation sites (tertiary alicyclic amines) is 1. The molecule has 3 aromatic heterocycles. The highest BCUT2D eigenvalue weighted by atomic mass is 19.1. The van der Waals surface area contributed by atoms with Gasteiger partial charge in [-0.2, -0.15) is 5.10 Å². The Morgan fingerprint density at radius 1 is 1.07 bits per heavy atom. The Morgan fingerprint density at radius 3 is 2.63 bits per heavy atom. The molecule has 2 N–H and O–H groups in total. The Hall–Kier alpha value is -4.33. The van der Waals surface area contributed by atoms with E-state index in [0.29, 0.717) is 43.1 Å². The minimum absolute atomic E-state index is 0.0263. The Morgan fingerprint density at radius 2 is 1.87 bits per heavy atom. The number of pyridine rings is 1. The van der Waals surface area contributed by atoms with Crippen LogP contribution in [0.15, 0.2) is 48.8 Å². The lowest BCUT2D eigenvalue weighted by molar-refractivity contribution is -0.135. The van der Waals surface area contributed by atoms with E-state index < -0.39 is 12.4 Å². The van der Waals surface area contributed by atoms with Crippen molar-refractivity contribution in [3.05, 3.63) is 54.6 Å². The van der Waals surface area contributed by atoms with Crippen molar-refractivity contribution in [1.82, 2.24) is 34.3 Å². The fourth-order valence-electron chi connectivity index (χ4n) is 6.33. The van der Waals surface area contributed by atoms with Gasteiger partial charge in [-0.1, -0.05) is 6.07 Å². The van der Waals surface area contributed by atoms with Crippen LogP contribution in [0, 0.1) is 5.82 Å². The smallest absolute Gasteiger partial charge is 0.248 e. The number of aromatic hydroxyl groups is 1. The molecular weight excluding hydrogens is 589 g/mol. The van der Waals surface area contributed by atoms with Crippen LogP contribution in [0.2, 0.25) is 0 Å². The van der Waals surface area contributed by atoms with Crippen LogP contribution in [0.5, 0.6) is 5.75 Å². The lowest BCUT2D eigenvalue weighted by Crippen LogP contribution is -2.52. The molecule has 0 aliphatic carbocycles. The summed E-state index contributed by atoms with van der Waals surface area (Å²) in [4.78, 5) is 32.2. The third-order valence-corrected chi connectivity index (χ3v) is 8.93. The lowest BCUT2D eigenvalue weighted by Gasteiger charge is -2.40. The van der Waals surface area contributed by atoms with E-state index in [9.17, 15) is 15.0 Å². The van der Waals surface area contributed by atoms with Crippen molar-refractivity contribution < 1.29 is 19.4 Å². The highest BCUT2D eigenvalue weighted by molar-refractivity contribution is 5.80. The highest BCUT2D eigenvalue weighted by Gasteiger charge is 2.32. The molecule has 2 saturated heterocycles. The van der Waals surface area contributed by atoms with E-state index in [-0.39, 0.29) is 29.2 Å². The van der Waals surface area contributed by atoms with Crippen LogP contribution in [0.4, 0.5) is 15.9 Å². The van der Waals surface area contributed by atoms with Gasteiger partial charge in [-0.15, -0.1) is 0 Å². The monoisotopic (exact) mass is 631 g/mol. The van der Waals surface area contributed by atoms with Gasteiger partial charge < -0.3 is 34.7 Å². The molecule has 0 bridgehead atoms. The maximum absolute atomic E-state index is 17.1. The van der Waals surface area contributed by atoms with Crippen LogP contribution in [0.1, 0.15) is 12.8 Å². The van der Waals surface area contributed by atoms with Gasteiger partial charge in [0.1, 0.15) is 18.1 Å². The van der Waals surface area contributed by atoms with Crippen molar-refractivity contribution in [2.45, 2.75) is 18.9 Å². The topological polar surface area (TPSA) is 117 Å². The van der Waals surface area contributed by atoms with Gasteiger partial charge in [0.25, 0.3) is 0 Å². The number of rotatable bonds is 9. The summed E-state index contributed by atoms with van der Waals surface area (Å²) in [6.45, 7) is 4.73. The number of anilines is 2. The first-order valence-corrected chi connectivity index (χ1v) is 15.8. The SMILES string of the molecule is CN(C)CCN(c1nc(-c2cnn3ccccc23)nc(-c2cc(O)cc(N3CCN(C)CC3)c2)c1F)[C@@H]1CCCN(C(=O)CO)C1. The predicted molar refractivity (Wildman–Crippen MR) is 176 cm³/mol. The molecule has 4 aromatic rings. The van der Waals surface area contributed by atoms with Crippen molar-refractivity contribution >= 4 is 22.9 Å². The number of hydrogen-bond donors (Lipinski definition) is 2. The van der Waals surface area contributed by atoms with Gasteiger partial charge in [0.05, 0.1) is 17.3 Å². The normalized spacial score (nSPS) is 17.7. The Kier molecular flexibility index (Phi) is 9.34. The standard InChI is InChI=1S/C33H42FN9O3/c1-38(2)11-16-42(24-7-6-9-41(21-24)29(46)22-44)33-30(34)31(36-32(37-33)27-20-35-43-10-5-4-8-28(27)43)23-17-25(19-26(45)18-23)40-14-12-39(3)13-15-40/h4-5,8,10,17-20,24,44-45H,6-7,9,11-16,21-22H2,1-3H3/t24-/m1/s1. The predicted octanol–water partition coefficient (Wildman–Crippen LogP) is 2.41. The number of aliphatic hydroxyl groups is 1. The molecule has 0 spiro atoms. The number of aromatic nitrogens is 4. The summed E-state index contributed by atoms with van der Waals surface area (Å²) < 4.78 is 18.8. The molecule has 2 aliphatic heterocycles. The third-order valence-electron chi connectivity index (χ3n) is 8.93. The van der Waals surface area contributed by atoms with Crippen LogP contribution in [0.25, 0.3) is 28.2 Å². The molecule has 2 aliphatic rings. The third kappa shape index (κ3) is 6.62. The van der Waals surface area contributed by atoms with Crippen LogP contribution < -0.4 is 9.80 Å². The van der Waals surface area contributed by atoms with E-state index in [0.717, 1.165) is 50.2 Å². The van der Waals surface area contributed by atoms with Crippen molar-refractivity contribution in [1.29, 1.82) is 0 Å². The molecule has 12 nitrogen and oxygen atoms in total. The minimum atomic E-state index is -0.598. The molecule has 5 heterocycles. The number of carbonyl (C=O) groups excluding carboxylic acids is 1. The number of phenols is 1. The summed E-state index contributed by atoms with van der Waals surface area (Å²) in [6.07, 6.45) is 4.96. The number of halogens is 1. The zero-order valence-corrected chi connectivity index (χ0v) is 26.7. The number of aliphatic hydroxyl groups excluding tert-OH is 1. The van der Waals surface area contributed by atoms with Gasteiger partial charge in [-0.05, 0) is 58.3 Å². The number of piperidine rings is 1. The molecule has 1 amide bonds. The fraction of sp³-hybridized carbons (Fsp3) is 0.455. The summed E-state index contributed by atoms with van der Waals surface area (Å²) in [5.74, 6) is -0.474. The molecular formula is C33H42FN9O3. The Balaban J connectivity index is 1.50. The van der Waals surface area contributed by atoms with Gasteiger partial charge in [-0.3, -0.25) is 4.79 Å². The molecule has 46 heavy (non-hydrogen) atoms. The first-order chi connectivity index (χ1) is 22.2. The highest BCUT2D eigenvalue weighted by Crippen LogP contribution is 2.36. The zero-order chi connectivity index (χ0) is 32.4. The number of piperazine rings is 1. The van der Waals surface area contributed by atoms with Crippen LogP contribution >= 0.6 is 0 Å². The fourth-order valence-corrected chi connectivity index (χ4v) is 6.33. The number of carbonyl (C=O) groups is 1. The average Bonchev–Trinajstić information content (AvgIpc) is 3.49. The molecule has 1 atom stereocenters. The minimum Gasteiger partial charge on any atom is -0.508 e. The second kappa shape index (κ2) is 13.6.